The second kappa shape index (κ2) is 7.08. The largest absolute Gasteiger partial charge is 0.244 e. The molecule has 0 spiro atoms. The van der Waals surface area contributed by atoms with Crippen molar-refractivity contribution in [2.45, 2.75) is 11.4 Å². The molecule has 0 amide bonds. The molecule has 0 bridgehead atoms. The highest BCUT2D eigenvalue weighted by Gasteiger charge is 2.25. The van der Waals surface area contributed by atoms with Crippen LogP contribution in [0, 0.1) is 11.3 Å². The number of hydrogen-bond acceptors (Lipinski definition) is 3. The first kappa shape index (κ1) is 18.1. The van der Waals surface area contributed by atoms with E-state index in [0.717, 1.165) is 4.31 Å². The molecule has 4 nitrogen and oxygen atoms in total. The molecule has 0 unspecified atom stereocenters. The molecule has 0 fully saturated rings. The predicted octanol–water partition coefficient (Wildman–Crippen LogP) is 4.34. The van der Waals surface area contributed by atoms with Crippen molar-refractivity contribution in [2.75, 3.05) is 7.05 Å². The van der Waals surface area contributed by atoms with Crippen LogP contribution in [0.4, 0.5) is 0 Å². The summed E-state index contributed by atoms with van der Waals surface area (Å²) in [5.74, 6) is 0. The zero-order valence-corrected chi connectivity index (χ0v) is 15.0. The van der Waals surface area contributed by atoms with Gasteiger partial charge in [0.25, 0.3) is 0 Å². The number of benzene rings is 2. The fraction of sp³-hybridized carbons (Fsp3) is 0.133. The minimum absolute atomic E-state index is 0.00782. The Kier molecular flexibility index (Phi) is 5.56. The Morgan fingerprint density at radius 3 is 2.30 bits per heavy atom. The first-order valence-corrected chi connectivity index (χ1v) is 8.93. The lowest BCUT2D eigenvalue weighted by atomic mass is 10.2. The third-order valence-electron chi connectivity index (χ3n) is 3.16. The fourth-order valence-electron chi connectivity index (χ4n) is 1.96. The van der Waals surface area contributed by atoms with E-state index in [1.807, 2.05) is 6.07 Å². The van der Waals surface area contributed by atoms with Gasteiger partial charge in [-0.15, -0.1) is 0 Å². The van der Waals surface area contributed by atoms with Gasteiger partial charge in [0.2, 0.25) is 10.0 Å². The van der Waals surface area contributed by atoms with Crippen molar-refractivity contribution in [3.8, 4) is 6.07 Å². The highest BCUT2D eigenvalue weighted by Crippen LogP contribution is 2.26. The van der Waals surface area contributed by atoms with Crippen molar-refractivity contribution >= 4 is 44.8 Å². The lowest BCUT2D eigenvalue weighted by Crippen LogP contribution is -2.27. The summed E-state index contributed by atoms with van der Waals surface area (Å²) in [4.78, 5) is -0.100. The Morgan fingerprint density at radius 1 is 1.09 bits per heavy atom. The molecule has 0 atom stereocenters. The number of rotatable bonds is 4. The molecular weight excluding hydrogens is 379 g/mol. The van der Waals surface area contributed by atoms with Gasteiger partial charge < -0.3 is 0 Å². The maximum atomic E-state index is 12.7. The maximum Gasteiger partial charge on any atom is 0.244 e. The van der Waals surface area contributed by atoms with E-state index in [1.165, 1.54) is 25.2 Å². The number of hydrogen-bond donors (Lipinski definition) is 0. The predicted molar refractivity (Wildman–Crippen MR) is 91.3 cm³/mol. The van der Waals surface area contributed by atoms with Gasteiger partial charge in [0, 0.05) is 28.7 Å². The molecule has 0 radical (unpaired) electrons. The second-order valence-electron chi connectivity index (χ2n) is 4.75. The van der Waals surface area contributed by atoms with Gasteiger partial charge in [0.05, 0.1) is 5.56 Å². The van der Waals surface area contributed by atoms with Crippen molar-refractivity contribution in [2.24, 2.45) is 0 Å². The van der Waals surface area contributed by atoms with Crippen LogP contribution in [0.3, 0.4) is 0 Å². The summed E-state index contributed by atoms with van der Waals surface area (Å²) in [5.41, 5.74) is 0.598. The van der Waals surface area contributed by atoms with E-state index in [2.05, 4.69) is 0 Å². The Morgan fingerprint density at radius 2 is 1.70 bits per heavy atom. The standard InChI is InChI=1S/C15H11Cl3N2O2S/c1-20(9-10-2-3-13(17)7-14(10)18)23(21,22)15-5-4-12(16)6-11(15)8-19/h2-7H,9H2,1H3. The van der Waals surface area contributed by atoms with Crippen LogP contribution in [-0.2, 0) is 16.6 Å². The average molecular weight is 390 g/mol. The number of nitriles is 1. The Labute approximate surface area is 149 Å². The fourth-order valence-corrected chi connectivity index (χ4v) is 3.86. The number of halogens is 3. The summed E-state index contributed by atoms with van der Waals surface area (Å²) < 4.78 is 26.5. The van der Waals surface area contributed by atoms with Crippen molar-refractivity contribution in [1.82, 2.24) is 4.31 Å². The number of nitrogens with zero attached hydrogens (tertiary/aromatic N) is 2. The quantitative estimate of drug-likeness (QED) is 0.781. The zero-order chi connectivity index (χ0) is 17.2. The first-order valence-electron chi connectivity index (χ1n) is 6.35. The van der Waals surface area contributed by atoms with Crippen LogP contribution in [0.1, 0.15) is 11.1 Å². The molecule has 0 aliphatic rings. The third-order valence-corrected chi connectivity index (χ3v) is 5.84. The number of sulfonamides is 1. The second-order valence-corrected chi connectivity index (χ2v) is 8.04. The molecule has 120 valence electrons. The van der Waals surface area contributed by atoms with Crippen LogP contribution in [0.25, 0.3) is 0 Å². The van der Waals surface area contributed by atoms with E-state index < -0.39 is 10.0 Å². The van der Waals surface area contributed by atoms with Crippen LogP contribution >= 0.6 is 34.8 Å². The molecule has 0 aromatic heterocycles. The highest BCUT2D eigenvalue weighted by molar-refractivity contribution is 7.89. The summed E-state index contributed by atoms with van der Waals surface area (Å²) >= 11 is 17.7. The van der Waals surface area contributed by atoms with Crippen molar-refractivity contribution < 1.29 is 8.42 Å². The maximum absolute atomic E-state index is 12.7. The topological polar surface area (TPSA) is 61.2 Å². The molecule has 0 saturated carbocycles. The van der Waals surface area contributed by atoms with Crippen molar-refractivity contribution in [3.05, 3.63) is 62.6 Å². The van der Waals surface area contributed by atoms with Gasteiger partial charge >= 0.3 is 0 Å². The van der Waals surface area contributed by atoms with Gasteiger partial charge in [-0.25, -0.2) is 8.42 Å². The molecule has 0 aliphatic heterocycles. The third kappa shape index (κ3) is 3.97. The van der Waals surface area contributed by atoms with Crippen molar-refractivity contribution in [3.63, 3.8) is 0 Å². The summed E-state index contributed by atoms with van der Waals surface area (Å²) in [6, 6.07) is 10.7. The minimum atomic E-state index is -3.86. The monoisotopic (exact) mass is 388 g/mol. The molecule has 23 heavy (non-hydrogen) atoms. The minimum Gasteiger partial charge on any atom is -0.207 e. The Balaban J connectivity index is 2.38. The van der Waals surface area contributed by atoms with Crippen LogP contribution < -0.4 is 0 Å². The SMILES string of the molecule is CN(Cc1ccc(Cl)cc1Cl)S(=O)(=O)c1ccc(Cl)cc1C#N. The molecule has 2 aromatic carbocycles. The van der Waals surface area contributed by atoms with Crippen LogP contribution in [0.5, 0.6) is 0 Å². The summed E-state index contributed by atoms with van der Waals surface area (Å²) in [7, 11) is -2.45. The smallest absolute Gasteiger partial charge is 0.207 e. The van der Waals surface area contributed by atoms with E-state index in [1.54, 1.807) is 18.2 Å². The summed E-state index contributed by atoms with van der Waals surface area (Å²) in [6.45, 7) is 0.0475. The zero-order valence-electron chi connectivity index (χ0n) is 11.9. The van der Waals surface area contributed by atoms with E-state index in [-0.39, 0.29) is 17.0 Å². The lowest BCUT2D eigenvalue weighted by Gasteiger charge is -2.19. The van der Waals surface area contributed by atoms with Gasteiger partial charge in [0.15, 0.2) is 0 Å². The normalized spacial score (nSPS) is 11.5. The van der Waals surface area contributed by atoms with Gasteiger partial charge in [0.1, 0.15) is 11.0 Å². The Bertz CT molecular complexity index is 892. The van der Waals surface area contributed by atoms with Crippen LogP contribution in [0.15, 0.2) is 41.3 Å². The van der Waals surface area contributed by atoms with E-state index in [0.29, 0.717) is 20.6 Å². The molecule has 2 aromatic rings. The molecule has 0 N–H and O–H groups in total. The molecule has 8 heteroatoms. The average Bonchev–Trinajstić information content (AvgIpc) is 2.49. The molecule has 0 heterocycles. The van der Waals surface area contributed by atoms with Gasteiger partial charge in [-0.2, -0.15) is 9.57 Å². The van der Waals surface area contributed by atoms with Crippen molar-refractivity contribution in [1.29, 1.82) is 5.26 Å². The van der Waals surface area contributed by atoms with Gasteiger partial charge in [-0.05, 0) is 35.9 Å². The Hall–Kier alpha value is -1.29. The molecule has 0 aliphatic carbocycles. The van der Waals surface area contributed by atoms with E-state index in [4.69, 9.17) is 40.1 Å². The van der Waals surface area contributed by atoms with Crippen LogP contribution in [-0.4, -0.2) is 19.8 Å². The lowest BCUT2D eigenvalue weighted by molar-refractivity contribution is 0.466. The first-order chi connectivity index (χ1) is 10.8. The van der Waals surface area contributed by atoms with Gasteiger partial charge in [-0.1, -0.05) is 40.9 Å². The summed E-state index contributed by atoms with van der Waals surface area (Å²) in [5, 5.41) is 10.3. The van der Waals surface area contributed by atoms with E-state index in [9.17, 15) is 8.42 Å². The van der Waals surface area contributed by atoms with E-state index >= 15 is 0 Å². The summed E-state index contributed by atoms with van der Waals surface area (Å²) in [6.07, 6.45) is 0. The van der Waals surface area contributed by atoms with Gasteiger partial charge in [-0.3, -0.25) is 0 Å². The highest BCUT2D eigenvalue weighted by atomic mass is 35.5. The van der Waals surface area contributed by atoms with Crippen LogP contribution in [0.2, 0.25) is 15.1 Å². The molecular formula is C15H11Cl3N2O2S. The molecule has 0 saturated heterocycles. The molecule has 2 rings (SSSR count).